The zero-order chi connectivity index (χ0) is 16.0. The predicted molar refractivity (Wildman–Crippen MR) is 72.1 cm³/mol. The molecule has 0 aliphatic carbocycles. The lowest BCUT2D eigenvalue weighted by molar-refractivity contribution is -0.151. The van der Waals surface area contributed by atoms with E-state index in [0.717, 1.165) is 12.1 Å². The molecule has 1 atom stereocenters. The highest BCUT2D eigenvalue weighted by atomic mass is 19.2. The van der Waals surface area contributed by atoms with E-state index in [1.807, 2.05) is 0 Å². The molecule has 0 aliphatic heterocycles. The van der Waals surface area contributed by atoms with Crippen LogP contribution >= 0.6 is 0 Å². The SMILES string of the molecule is CCOC(=O)C(N)C(=O)N(CC)Cc1ccc(F)c(F)c1. The van der Waals surface area contributed by atoms with Crippen LogP contribution in [0.3, 0.4) is 0 Å². The van der Waals surface area contributed by atoms with Crippen LogP contribution in [0.2, 0.25) is 0 Å². The number of rotatable bonds is 6. The largest absolute Gasteiger partial charge is 0.464 e. The van der Waals surface area contributed by atoms with E-state index in [1.54, 1.807) is 13.8 Å². The molecule has 0 aromatic heterocycles. The maximum Gasteiger partial charge on any atom is 0.332 e. The van der Waals surface area contributed by atoms with Gasteiger partial charge in [0, 0.05) is 13.1 Å². The molecule has 21 heavy (non-hydrogen) atoms. The molecular weight excluding hydrogens is 282 g/mol. The first-order chi connectivity index (χ1) is 9.90. The van der Waals surface area contributed by atoms with Gasteiger partial charge in [0.2, 0.25) is 0 Å². The van der Waals surface area contributed by atoms with Crippen LogP contribution in [-0.2, 0) is 20.9 Å². The van der Waals surface area contributed by atoms with Crippen molar-refractivity contribution in [3.8, 4) is 0 Å². The summed E-state index contributed by atoms with van der Waals surface area (Å²) in [6, 6.07) is 1.93. The van der Waals surface area contributed by atoms with Crippen LogP contribution < -0.4 is 5.73 Å². The number of hydrogen-bond acceptors (Lipinski definition) is 4. The summed E-state index contributed by atoms with van der Waals surface area (Å²) in [5.74, 6) is -3.39. The van der Waals surface area contributed by atoms with Gasteiger partial charge in [-0.2, -0.15) is 0 Å². The Kier molecular flexibility index (Phi) is 6.23. The van der Waals surface area contributed by atoms with Crippen molar-refractivity contribution in [3.05, 3.63) is 35.4 Å². The number of hydrogen-bond donors (Lipinski definition) is 1. The van der Waals surface area contributed by atoms with Crippen molar-refractivity contribution < 1.29 is 23.1 Å². The Bertz CT molecular complexity index is 523. The third-order valence-electron chi connectivity index (χ3n) is 2.86. The minimum Gasteiger partial charge on any atom is -0.464 e. The number of esters is 1. The molecule has 2 N–H and O–H groups in total. The van der Waals surface area contributed by atoms with Crippen LogP contribution in [0.25, 0.3) is 0 Å². The number of halogens is 2. The zero-order valence-electron chi connectivity index (χ0n) is 11.9. The number of ether oxygens (including phenoxy) is 1. The van der Waals surface area contributed by atoms with Gasteiger partial charge in [-0.1, -0.05) is 6.07 Å². The standard InChI is InChI=1S/C14H18F2N2O3/c1-3-18(13(19)12(17)14(20)21-4-2)8-9-5-6-10(15)11(16)7-9/h5-7,12H,3-4,8,17H2,1-2H3. The Morgan fingerprint density at radius 1 is 1.29 bits per heavy atom. The zero-order valence-corrected chi connectivity index (χ0v) is 11.9. The Morgan fingerprint density at radius 3 is 2.48 bits per heavy atom. The van der Waals surface area contributed by atoms with Crippen molar-refractivity contribution in [1.29, 1.82) is 0 Å². The molecule has 1 aromatic rings. The van der Waals surface area contributed by atoms with E-state index in [1.165, 1.54) is 11.0 Å². The number of carbonyl (C=O) groups is 2. The maximum atomic E-state index is 13.1. The first-order valence-electron chi connectivity index (χ1n) is 6.55. The third kappa shape index (κ3) is 4.49. The molecule has 1 unspecified atom stereocenters. The monoisotopic (exact) mass is 300 g/mol. The second-order valence-electron chi connectivity index (χ2n) is 4.33. The van der Waals surface area contributed by atoms with Gasteiger partial charge in [-0.25, -0.2) is 13.6 Å². The molecule has 0 spiro atoms. The molecule has 0 fully saturated rings. The minimum absolute atomic E-state index is 0.0274. The molecular formula is C14H18F2N2O3. The first-order valence-corrected chi connectivity index (χ1v) is 6.55. The normalized spacial score (nSPS) is 11.9. The number of benzene rings is 1. The molecule has 0 radical (unpaired) electrons. The molecule has 116 valence electrons. The lowest BCUT2D eigenvalue weighted by Crippen LogP contribution is -2.48. The summed E-state index contributed by atoms with van der Waals surface area (Å²) in [5.41, 5.74) is 5.93. The van der Waals surface area contributed by atoms with Crippen molar-refractivity contribution in [3.63, 3.8) is 0 Å². The first kappa shape index (κ1) is 17.0. The number of amides is 1. The third-order valence-corrected chi connectivity index (χ3v) is 2.86. The van der Waals surface area contributed by atoms with Gasteiger partial charge in [0.1, 0.15) is 0 Å². The Morgan fingerprint density at radius 2 is 1.95 bits per heavy atom. The molecule has 1 amide bonds. The van der Waals surface area contributed by atoms with E-state index in [0.29, 0.717) is 5.56 Å². The number of likely N-dealkylation sites (N-methyl/N-ethyl adjacent to an activating group) is 1. The summed E-state index contributed by atoms with van der Waals surface area (Å²) in [7, 11) is 0. The second-order valence-corrected chi connectivity index (χ2v) is 4.33. The van der Waals surface area contributed by atoms with Crippen molar-refractivity contribution in [2.45, 2.75) is 26.4 Å². The van der Waals surface area contributed by atoms with Gasteiger partial charge in [-0.3, -0.25) is 4.79 Å². The van der Waals surface area contributed by atoms with Gasteiger partial charge in [-0.15, -0.1) is 0 Å². The second kappa shape index (κ2) is 7.68. The summed E-state index contributed by atoms with van der Waals surface area (Å²) < 4.78 is 30.7. The Hall–Kier alpha value is -2.02. The fourth-order valence-electron chi connectivity index (χ4n) is 1.73. The fourth-order valence-corrected chi connectivity index (χ4v) is 1.73. The number of carbonyl (C=O) groups excluding carboxylic acids is 2. The van der Waals surface area contributed by atoms with Crippen LogP contribution in [0.1, 0.15) is 19.4 Å². The molecule has 5 nitrogen and oxygen atoms in total. The predicted octanol–water partition coefficient (Wildman–Crippen LogP) is 1.20. The van der Waals surface area contributed by atoms with Crippen LogP contribution in [0, 0.1) is 11.6 Å². The molecule has 0 saturated carbocycles. The highest BCUT2D eigenvalue weighted by molar-refractivity contribution is 6.01. The van der Waals surface area contributed by atoms with Crippen molar-refractivity contribution in [1.82, 2.24) is 4.90 Å². The van der Waals surface area contributed by atoms with E-state index >= 15 is 0 Å². The molecule has 0 saturated heterocycles. The number of nitrogens with zero attached hydrogens (tertiary/aromatic N) is 1. The van der Waals surface area contributed by atoms with Crippen molar-refractivity contribution in [2.75, 3.05) is 13.2 Å². The van der Waals surface area contributed by atoms with Gasteiger partial charge < -0.3 is 15.4 Å². The van der Waals surface area contributed by atoms with Crippen LogP contribution in [0.4, 0.5) is 8.78 Å². The van der Waals surface area contributed by atoms with E-state index < -0.39 is 29.6 Å². The Labute approximate surface area is 121 Å². The molecule has 0 aliphatic rings. The topological polar surface area (TPSA) is 72.6 Å². The summed E-state index contributed by atoms with van der Waals surface area (Å²) >= 11 is 0. The highest BCUT2D eigenvalue weighted by Gasteiger charge is 2.27. The van der Waals surface area contributed by atoms with Crippen LogP contribution in [-0.4, -0.2) is 36.0 Å². The lowest BCUT2D eigenvalue weighted by Gasteiger charge is -2.23. The smallest absolute Gasteiger partial charge is 0.332 e. The van der Waals surface area contributed by atoms with E-state index in [-0.39, 0.29) is 19.7 Å². The van der Waals surface area contributed by atoms with Gasteiger partial charge >= 0.3 is 5.97 Å². The number of nitrogens with two attached hydrogens (primary N) is 1. The van der Waals surface area contributed by atoms with Crippen molar-refractivity contribution in [2.24, 2.45) is 5.73 Å². The van der Waals surface area contributed by atoms with E-state index in [4.69, 9.17) is 5.73 Å². The quantitative estimate of drug-likeness (QED) is 0.633. The van der Waals surface area contributed by atoms with E-state index in [9.17, 15) is 18.4 Å². The molecule has 0 bridgehead atoms. The molecule has 0 heterocycles. The Balaban J connectivity index is 2.80. The van der Waals surface area contributed by atoms with E-state index in [2.05, 4.69) is 4.74 Å². The average Bonchev–Trinajstić information content (AvgIpc) is 2.47. The maximum absolute atomic E-state index is 13.1. The van der Waals surface area contributed by atoms with Crippen LogP contribution in [0.5, 0.6) is 0 Å². The summed E-state index contributed by atoms with van der Waals surface area (Å²) in [5, 5.41) is 0. The van der Waals surface area contributed by atoms with Gasteiger partial charge in [0.25, 0.3) is 5.91 Å². The summed E-state index contributed by atoms with van der Waals surface area (Å²) in [6.07, 6.45) is 0. The summed E-state index contributed by atoms with van der Waals surface area (Å²) in [4.78, 5) is 24.8. The molecule has 1 aromatic carbocycles. The molecule has 1 rings (SSSR count). The minimum atomic E-state index is -1.42. The molecule has 7 heteroatoms. The van der Waals surface area contributed by atoms with Crippen molar-refractivity contribution >= 4 is 11.9 Å². The highest BCUT2D eigenvalue weighted by Crippen LogP contribution is 2.11. The van der Waals surface area contributed by atoms with Gasteiger partial charge in [-0.05, 0) is 31.5 Å². The lowest BCUT2D eigenvalue weighted by atomic mass is 10.1. The van der Waals surface area contributed by atoms with Crippen LogP contribution in [0.15, 0.2) is 18.2 Å². The average molecular weight is 300 g/mol. The van der Waals surface area contributed by atoms with Gasteiger partial charge in [0.15, 0.2) is 17.7 Å². The fraction of sp³-hybridized carbons (Fsp3) is 0.429. The van der Waals surface area contributed by atoms with Gasteiger partial charge in [0.05, 0.1) is 6.61 Å². The summed E-state index contributed by atoms with van der Waals surface area (Å²) in [6.45, 7) is 3.71.